The van der Waals surface area contributed by atoms with Crippen LogP contribution in [-0.2, 0) is 9.47 Å². The Labute approximate surface area is 125 Å². The highest BCUT2D eigenvalue weighted by Crippen LogP contribution is 2.40. The van der Waals surface area contributed by atoms with Crippen LogP contribution in [0.15, 0.2) is 16.7 Å². The number of amides is 1. The summed E-state index contributed by atoms with van der Waals surface area (Å²) >= 11 is 0. The minimum absolute atomic E-state index is 0.0563. The van der Waals surface area contributed by atoms with Crippen molar-refractivity contribution in [3.05, 3.63) is 23.7 Å². The van der Waals surface area contributed by atoms with E-state index in [1.807, 2.05) is 11.8 Å². The molecule has 2 fully saturated rings. The van der Waals surface area contributed by atoms with Gasteiger partial charge in [-0.15, -0.1) is 0 Å². The van der Waals surface area contributed by atoms with Gasteiger partial charge in [0.05, 0.1) is 24.5 Å². The Morgan fingerprint density at radius 2 is 2.43 bits per heavy atom. The third kappa shape index (κ3) is 2.60. The first-order valence-electron chi connectivity index (χ1n) is 7.60. The van der Waals surface area contributed by atoms with Crippen LogP contribution in [0, 0.1) is 12.3 Å². The third-order valence-electron chi connectivity index (χ3n) is 4.80. The molecule has 0 bridgehead atoms. The van der Waals surface area contributed by atoms with Crippen molar-refractivity contribution >= 4 is 5.91 Å². The zero-order valence-electron chi connectivity index (χ0n) is 12.8. The smallest absolute Gasteiger partial charge is 0.257 e. The van der Waals surface area contributed by atoms with Crippen LogP contribution in [0.2, 0.25) is 0 Å². The highest BCUT2D eigenvalue weighted by molar-refractivity contribution is 5.95. The van der Waals surface area contributed by atoms with Crippen molar-refractivity contribution in [2.45, 2.75) is 32.3 Å². The van der Waals surface area contributed by atoms with Gasteiger partial charge in [0.25, 0.3) is 5.91 Å². The fraction of sp³-hybridized carbons (Fsp3) is 0.688. The first-order chi connectivity index (χ1) is 10.2. The van der Waals surface area contributed by atoms with Gasteiger partial charge in [0, 0.05) is 32.2 Å². The van der Waals surface area contributed by atoms with Gasteiger partial charge in [0.2, 0.25) is 0 Å². The SMILES string of the molecule is COC[C@]12CCCO[C@@H]1CCN(C(=O)c1ccoc1C)C2. The van der Waals surface area contributed by atoms with E-state index in [4.69, 9.17) is 13.9 Å². The number of ether oxygens (including phenoxy) is 2. The molecule has 1 amide bonds. The number of rotatable bonds is 3. The maximum Gasteiger partial charge on any atom is 0.257 e. The first-order valence-corrected chi connectivity index (χ1v) is 7.60. The summed E-state index contributed by atoms with van der Waals surface area (Å²) in [6.45, 7) is 4.74. The lowest BCUT2D eigenvalue weighted by Gasteiger charge is -2.50. The lowest BCUT2D eigenvalue weighted by atomic mass is 9.73. The van der Waals surface area contributed by atoms with Gasteiger partial charge in [-0.2, -0.15) is 0 Å². The lowest BCUT2D eigenvalue weighted by molar-refractivity contribution is -0.142. The highest BCUT2D eigenvalue weighted by atomic mass is 16.5. The molecule has 0 N–H and O–H groups in total. The van der Waals surface area contributed by atoms with Crippen molar-refractivity contribution in [3.8, 4) is 0 Å². The minimum atomic E-state index is -0.0570. The summed E-state index contributed by atoms with van der Waals surface area (Å²) in [7, 11) is 1.72. The van der Waals surface area contributed by atoms with E-state index >= 15 is 0 Å². The van der Waals surface area contributed by atoms with Crippen molar-refractivity contribution < 1.29 is 18.7 Å². The Kier molecular flexibility index (Phi) is 4.04. The standard InChI is InChI=1S/C16H23NO4/c1-12-13(5-9-20-12)15(18)17-7-4-14-16(10-17,11-19-2)6-3-8-21-14/h5,9,14H,3-4,6-8,10-11H2,1-2H3/t14-,16-/m1/s1. The van der Waals surface area contributed by atoms with E-state index in [1.54, 1.807) is 19.4 Å². The fourth-order valence-electron chi connectivity index (χ4n) is 3.74. The predicted octanol–water partition coefficient (Wildman–Crippen LogP) is 2.25. The summed E-state index contributed by atoms with van der Waals surface area (Å²) in [6, 6.07) is 1.75. The van der Waals surface area contributed by atoms with Crippen molar-refractivity contribution in [2.75, 3.05) is 33.4 Å². The summed E-state index contributed by atoms with van der Waals surface area (Å²) in [4.78, 5) is 14.6. The van der Waals surface area contributed by atoms with Gasteiger partial charge in [-0.3, -0.25) is 4.79 Å². The molecule has 0 unspecified atom stereocenters. The molecule has 0 aromatic carbocycles. The molecule has 2 atom stereocenters. The summed E-state index contributed by atoms with van der Waals surface area (Å²) in [5.74, 6) is 0.739. The first kappa shape index (κ1) is 14.6. The maximum atomic E-state index is 12.7. The Morgan fingerprint density at radius 3 is 3.14 bits per heavy atom. The number of nitrogens with zero attached hydrogens (tertiary/aromatic N) is 1. The topological polar surface area (TPSA) is 51.9 Å². The van der Waals surface area contributed by atoms with Crippen molar-refractivity contribution in [1.82, 2.24) is 4.90 Å². The van der Waals surface area contributed by atoms with Crippen LogP contribution in [-0.4, -0.2) is 50.3 Å². The zero-order chi connectivity index (χ0) is 14.9. The quantitative estimate of drug-likeness (QED) is 0.857. The van der Waals surface area contributed by atoms with E-state index in [9.17, 15) is 4.79 Å². The molecule has 2 aliphatic rings. The lowest BCUT2D eigenvalue weighted by Crippen LogP contribution is -2.58. The molecule has 2 saturated heterocycles. The number of fused-ring (bicyclic) bond motifs is 1. The predicted molar refractivity (Wildman–Crippen MR) is 77.2 cm³/mol. The number of carbonyl (C=O) groups excluding carboxylic acids is 1. The number of furan rings is 1. The molecule has 5 nitrogen and oxygen atoms in total. The number of aryl methyl sites for hydroxylation is 1. The molecule has 1 aromatic rings. The van der Waals surface area contributed by atoms with Crippen LogP contribution in [0.25, 0.3) is 0 Å². The third-order valence-corrected chi connectivity index (χ3v) is 4.80. The maximum absolute atomic E-state index is 12.7. The Balaban J connectivity index is 1.80. The average Bonchev–Trinajstić information content (AvgIpc) is 2.92. The van der Waals surface area contributed by atoms with E-state index in [0.717, 1.165) is 32.4 Å². The van der Waals surface area contributed by atoms with E-state index in [0.29, 0.717) is 24.5 Å². The van der Waals surface area contributed by atoms with Gasteiger partial charge in [-0.05, 0) is 32.3 Å². The normalized spacial score (nSPS) is 29.2. The Bertz CT molecular complexity index is 508. The van der Waals surface area contributed by atoms with E-state index in [2.05, 4.69) is 0 Å². The van der Waals surface area contributed by atoms with Crippen LogP contribution >= 0.6 is 0 Å². The number of methoxy groups -OCH3 is 1. The molecule has 5 heteroatoms. The fourth-order valence-corrected chi connectivity index (χ4v) is 3.74. The van der Waals surface area contributed by atoms with Gasteiger partial charge in [-0.1, -0.05) is 0 Å². The number of likely N-dealkylation sites (tertiary alicyclic amines) is 1. The zero-order valence-corrected chi connectivity index (χ0v) is 12.8. The molecule has 2 aliphatic heterocycles. The molecule has 0 spiro atoms. The number of hydrogen-bond acceptors (Lipinski definition) is 4. The van der Waals surface area contributed by atoms with E-state index in [1.165, 1.54) is 0 Å². The highest BCUT2D eigenvalue weighted by Gasteiger charge is 2.47. The second-order valence-corrected chi connectivity index (χ2v) is 6.16. The molecule has 0 aliphatic carbocycles. The average molecular weight is 293 g/mol. The molecule has 1 aromatic heterocycles. The molecule has 0 radical (unpaired) electrons. The minimum Gasteiger partial charge on any atom is -0.469 e. The van der Waals surface area contributed by atoms with Crippen LogP contribution < -0.4 is 0 Å². The van der Waals surface area contributed by atoms with Crippen molar-refractivity contribution in [3.63, 3.8) is 0 Å². The molecule has 21 heavy (non-hydrogen) atoms. The van der Waals surface area contributed by atoms with Gasteiger partial charge in [0.1, 0.15) is 5.76 Å². The van der Waals surface area contributed by atoms with E-state index in [-0.39, 0.29) is 17.4 Å². The molecule has 116 valence electrons. The van der Waals surface area contributed by atoms with Crippen LogP contribution in [0.4, 0.5) is 0 Å². The van der Waals surface area contributed by atoms with Crippen molar-refractivity contribution in [2.24, 2.45) is 5.41 Å². The summed E-state index contributed by atoms with van der Waals surface area (Å²) < 4.78 is 16.7. The van der Waals surface area contributed by atoms with E-state index < -0.39 is 0 Å². The molecular formula is C16H23NO4. The van der Waals surface area contributed by atoms with Crippen LogP contribution in [0.1, 0.15) is 35.4 Å². The van der Waals surface area contributed by atoms with Gasteiger partial charge < -0.3 is 18.8 Å². The largest absolute Gasteiger partial charge is 0.469 e. The molecule has 3 rings (SSSR count). The monoisotopic (exact) mass is 293 g/mol. The van der Waals surface area contributed by atoms with Crippen LogP contribution in [0.3, 0.4) is 0 Å². The summed E-state index contributed by atoms with van der Waals surface area (Å²) in [5.41, 5.74) is 0.608. The molecule has 3 heterocycles. The molecular weight excluding hydrogens is 270 g/mol. The second-order valence-electron chi connectivity index (χ2n) is 6.16. The Hall–Kier alpha value is -1.33. The number of carbonyl (C=O) groups is 1. The van der Waals surface area contributed by atoms with Crippen molar-refractivity contribution in [1.29, 1.82) is 0 Å². The Morgan fingerprint density at radius 1 is 1.57 bits per heavy atom. The number of hydrogen-bond donors (Lipinski definition) is 0. The summed E-state index contributed by atoms with van der Waals surface area (Å²) in [6.07, 6.45) is 4.75. The van der Waals surface area contributed by atoms with Gasteiger partial charge >= 0.3 is 0 Å². The van der Waals surface area contributed by atoms with Gasteiger partial charge in [0.15, 0.2) is 0 Å². The number of piperidine rings is 1. The van der Waals surface area contributed by atoms with Crippen LogP contribution in [0.5, 0.6) is 0 Å². The molecule has 0 saturated carbocycles. The van der Waals surface area contributed by atoms with Gasteiger partial charge in [-0.25, -0.2) is 0 Å². The second kappa shape index (κ2) is 5.81. The summed E-state index contributed by atoms with van der Waals surface area (Å²) in [5, 5.41) is 0.